The second kappa shape index (κ2) is 9.29. The van der Waals surface area contributed by atoms with Gasteiger partial charge in [0.1, 0.15) is 23.4 Å². The number of hydrogen-bond donors (Lipinski definition) is 1. The van der Waals surface area contributed by atoms with Crippen molar-refractivity contribution in [3.63, 3.8) is 0 Å². The third kappa shape index (κ3) is 4.27. The molecule has 8 heteroatoms. The van der Waals surface area contributed by atoms with Crippen LogP contribution in [0.25, 0.3) is 5.76 Å². The van der Waals surface area contributed by atoms with Crippen molar-refractivity contribution in [1.29, 1.82) is 0 Å². The molecule has 3 aromatic rings. The number of Topliss-reactive ketones (excluding diaryl/α,β-unsaturated/α-hetero) is 1. The molecule has 0 aliphatic carbocycles. The summed E-state index contributed by atoms with van der Waals surface area (Å²) >= 11 is 0. The van der Waals surface area contributed by atoms with Crippen LogP contribution in [-0.4, -0.2) is 51.0 Å². The SMILES string of the molecule is COc1cccc([C@H]2C(=C(O)c3ccc4c(c3)C[C@H](C)O4)C(=O)C(=O)N2CCCn2ccnc2)c1. The second-order valence-corrected chi connectivity index (χ2v) is 8.88. The molecule has 0 spiro atoms. The fourth-order valence-electron chi connectivity index (χ4n) is 4.84. The lowest BCUT2D eigenvalue weighted by atomic mass is 9.94. The van der Waals surface area contributed by atoms with Gasteiger partial charge in [0.15, 0.2) is 0 Å². The molecule has 1 N–H and O–H groups in total. The van der Waals surface area contributed by atoms with E-state index in [-0.39, 0.29) is 17.4 Å². The van der Waals surface area contributed by atoms with Crippen LogP contribution in [0.2, 0.25) is 0 Å². The van der Waals surface area contributed by atoms with E-state index in [4.69, 9.17) is 9.47 Å². The van der Waals surface area contributed by atoms with Crippen LogP contribution in [0.15, 0.2) is 66.8 Å². The van der Waals surface area contributed by atoms with Gasteiger partial charge in [0, 0.05) is 37.5 Å². The molecule has 2 aromatic carbocycles. The van der Waals surface area contributed by atoms with Gasteiger partial charge in [-0.3, -0.25) is 9.59 Å². The minimum atomic E-state index is -0.726. The molecular formula is C27H27N3O5. The molecule has 180 valence electrons. The summed E-state index contributed by atoms with van der Waals surface area (Å²) < 4.78 is 13.1. The Balaban J connectivity index is 1.54. The molecule has 1 saturated heterocycles. The van der Waals surface area contributed by atoms with Gasteiger partial charge in [0.25, 0.3) is 11.7 Å². The van der Waals surface area contributed by atoms with Gasteiger partial charge in [-0.05, 0) is 54.8 Å². The Bertz CT molecular complexity index is 1300. The number of ketones is 1. The largest absolute Gasteiger partial charge is 0.507 e. The van der Waals surface area contributed by atoms with E-state index in [2.05, 4.69) is 4.98 Å². The zero-order valence-electron chi connectivity index (χ0n) is 19.7. The summed E-state index contributed by atoms with van der Waals surface area (Å²) in [5.74, 6) is -0.115. The second-order valence-electron chi connectivity index (χ2n) is 8.88. The highest BCUT2D eigenvalue weighted by Crippen LogP contribution is 2.41. The van der Waals surface area contributed by atoms with Crippen LogP contribution in [0, 0.1) is 0 Å². The smallest absolute Gasteiger partial charge is 0.295 e. The summed E-state index contributed by atoms with van der Waals surface area (Å²) in [5.41, 5.74) is 2.24. The molecule has 0 unspecified atom stereocenters. The maximum Gasteiger partial charge on any atom is 0.295 e. The summed E-state index contributed by atoms with van der Waals surface area (Å²) in [4.78, 5) is 32.0. The predicted octanol–water partition coefficient (Wildman–Crippen LogP) is 3.73. The molecule has 1 fully saturated rings. The number of carbonyl (C=O) groups excluding carboxylic acids is 2. The first-order valence-electron chi connectivity index (χ1n) is 11.6. The number of nitrogens with zero attached hydrogens (tertiary/aromatic N) is 3. The minimum absolute atomic E-state index is 0.0558. The number of aryl methyl sites for hydroxylation is 1. The molecule has 1 aromatic heterocycles. The van der Waals surface area contributed by atoms with Gasteiger partial charge in [-0.15, -0.1) is 0 Å². The minimum Gasteiger partial charge on any atom is -0.507 e. The summed E-state index contributed by atoms with van der Waals surface area (Å²) in [6.07, 6.45) is 6.67. The third-order valence-corrected chi connectivity index (χ3v) is 6.49. The molecule has 8 nitrogen and oxygen atoms in total. The average molecular weight is 474 g/mol. The van der Waals surface area contributed by atoms with E-state index in [0.29, 0.717) is 36.4 Å². The van der Waals surface area contributed by atoms with Gasteiger partial charge in [-0.25, -0.2) is 4.98 Å². The average Bonchev–Trinajstić information content (AvgIpc) is 3.57. The van der Waals surface area contributed by atoms with Crippen LogP contribution in [0.5, 0.6) is 11.5 Å². The zero-order chi connectivity index (χ0) is 24.5. The first kappa shape index (κ1) is 22.7. The fourth-order valence-corrected chi connectivity index (χ4v) is 4.84. The Labute approximate surface area is 203 Å². The maximum absolute atomic E-state index is 13.3. The van der Waals surface area contributed by atoms with Crippen LogP contribution < -0.4 is 9.47 Å². The van der Waals surface area contributed by atoms with Crippen molar-refractivity contribution >= 4 is 17.4 Å². The number of aliphatic hydroxyl groups is 1. The maximum atomic E-state index is 13.3. The fraction of sp³-hybridized carbons (Fsp3) is 0.296. The number of fused-ring (bicyclic) bond motifs is 1. The first-order valence-corrected chi connectivity index (χ1v) is 11.6. The summed E-state index contributed by atoms with van der Waals surface area (Å²) in [7, 11) is 1.56. The van der Waals surface area contributed by atoms with Crippen molar-refractivity contribution in [2.24, 2.45) is 0 Å². The van der Waals surface area contributed by atoms with Crippen molar-refractivity contribution in [2.45, 2.75) is 38.5 Å². The number of hydrogen-bond acceptors (Lipinski definition) is 6. The molecule has 35 heavy (non-hydrogen) atoms. The molecule has 2 aliphatic heterocycles. The van der Waals surface area contributed by atoms with Crippen LogP contribution in [0.3, 0.4) is 0 Å². The number of aliphatic hydroxyl groups excluding tert-OH is 1. The van der Waals surface area contributed by atoms with Gasteiger partial charge in [0.05, 0.1) is 25.1 Å². The quantitative estimate of drug-likeness (QED) is 0.319. The Morgan fingerprint density at radius 1 is 1.20 bits per heavy atom. The molecule has 2 atom stereocenters. The van der Waals surface area contributed by atoms with Gasteiger partial charge in [-0.1, -0.05) is 12.1 Å². The number of benzene rings is 2. The van der Waals surface area contributed by atoms with E-state index in [0.717, 1.165) is 17.7 Å². The number of ether oxygens (including phenoxy) is 2. The Hall–Kier alpha value is -4.07. The topological polar surface area (TPSA) is 93.9 Å². The van der Waals surface area contributed by atoms with E-state index in [9.17, 15) is 14.7 Å². The molecule has 2 aliphatic rings. The van der Waals surface area contributed by atoms with Crippen LogP contribution in [0.1, 0.15) is 36.1 Å². The molecule has 5 rings (SSSR count). The highest BCUT2D eigenvalue weighted by atomic mass is 16.5. The molecule has 3 heterocycles. The van der Waals surface area contributed by atoms with Crippen molar-refractivity contribution in [1.82, 2.24) is 14.5 Å². The third-order valence-electron chi connectivity index (χ3n) is 6.49. The van der Waals surface area contributed by atoms with Gasteiger partial charge in [0.2, 0.25) is 0 Å². The highest BCUT2D eigenvalue weighted by molar-refractivity contribution is 6.46. The van der Waals surface area contributed by atoms with Crippen molar-refractivity contribution in [2.75, 3.05) is 13.7 Å². The lowest BCUT2D eigenvalue weighted by molar-refractivity contribution is -0.139. The van der Waals surface area contributed by atoms with Gasteiger partial charge < -0.3 is 24.0 Å². The lowest BCUT2D eigenvalue weighted by Gasteiger charge is -2.25. The number of rotatable bonds is 7. The summed E-state index contributed by atoms with van der Waals surface area (Å²) in [6.45, 7) is 2.98. The number of amides is 1. The molecule has 0 radical (unpaired) electrons. The molecule has 0 saturated carbocycles. The van der Waals surface area contributed by atoms with E-state index in [1.54, 1.807) is 43.9 Å². The van der Waals surface area contributed by atoms with Crippen molar-refractivity contribution in [3.05, 3.63) is 83.4 Å². The van der Waals surface area contributed by atoms with E-state index in [1.807, 2.05) is 35.9 Å². The normalized spacial score (nSPS) is 20.7. The highest BCUT2D eigenvalue weighted by Gasteiger charge is 2.46. The first-order chi connectivity index (χ1) is 17.0. The Morgan fingerprint density at radius 2 is 2.06 bits per heavy atom. The predicted molar refractivity (Wildman–Crippen MR) is 129 cm³/mol. The van der Waals surface area contributed by atoms with Crippen molar-refractivity contribution in [3.8, 4) is 11.5 Å². The monoisotopic (exact) mass is 473 g/mol. The van der Waals surface area contributed by atoms with Crippen molar-refractivity contribution < 1.29 is 24.2 Å². The summed E-state index contributed by atoms with van der Waals surface area (Å²) in [5, 5.41) is 11.4. The molecule has 0 bridgehead atoms. The van der Waals surface area contributed by atoms with E-state index >= 15 is 0 Å². The zero-order valence-corrected chi connectivity index (χ0v) is 19.7. The van der Waals surface area contributed by atoms with E-state index in [1.165, 1.54) is 4.90 Å². The van der Waals surface area contributed by atoms with Gasteiger partial charge in [-0.2, -0.15) is 0 Å². The Kier molecular flexibility index (Phi) is 6.03. The number of carbonyl (C=O) groups is 2. The number of methoxy groups -OCH3 is 1. The number of likely N-dealkylation sites (tertiary alicyclic amines) is 1. The number of aromatic nitrogens is 2. The summed E-state index contributed by atoms with van der Waals surface area (Å²) in [6, 6.07) is 11.9. The molecule has 1 amide bonds. The Morgan fingerprint density at radius 3 is 2.83 bits per heavy atom. The number of imidazole rings is 1. The standard InChI is InChI=1S/C27H27N3O5/c1-17-13-20-14-19(7-8-22(20)35-17)25(31)23-24(18-5-3-6-21(15-18)34-2)30(27(33)26(23)32)11-4-10-29-12-9-28-16-29/h3,5-9,12,14-17,24,31H,4,10-11,13H2,1-2H3/t17-,24-/m0/s1. The molecular weight excluding hydrogens is 446 g/mol. The van der Waals surface area contributed by atoms with Crippen LogP contribution in [0.4, 0.5) is 0 Å². The van der Waals surface area contributed by atoms with Gasteiger partial charge >= 0.3 is 0 Å². The van der Waals surface area contributed by atoms with Crippen LogP contribution in [-0.2, 0) is 22.6 Å². The van der Waals surface area contributed by atoms with E-state index < -0.39 is 17.7 Å². The van der Waals surface area contributed by atoms with Crippen LogP contribution >= 0.6 is 0 Å². The lowest BCUT2D eigenvalue weighted by Crippen LogP contribution is -2.31.